The number of carbonyl (C=O) groups is 2. The Hall–Kier alpha value is -1.34. The molecule has 0 spiro atoms. The first-order valence-corrected chi connectivity index (χ1v) is 6.51. The third-order valence-electron chi connectivity index (χ3n) is 2.77. The number of nitrogens with one attached hydrogen (secondary N) is 1. The molecule has 7 nitrogen and oxygen atoms in total. The van der Waals surface area contributed by atoms with Crippen molar-refractivity contribution >= 4 is 12.0 Å². The first kappa shape index (κ1) is 16.7. The molecule has 1 heterocycles. The number of methoxy groups -OCH3 is 1. The molecular formula is C13H24N2O5. The summed E-state index contributed by atoms with van der Waals surface area (Å²) in [6.45, 7) is 8.97. The molecule has 0 aromatic carbocycles. The standard InChI is InChI=1S/C13H24N2O5/c1-12(2,3)20-11(17)15-9(7-19-13(15,4)5)10(16)14-8-18-6/h9H,7-8H2,1-6H3,(H,14,16)/t9-/m1/s1. The lowest BCUT2D eigenvalue weighted by molar-refractivity contribution is -0.128. The fourth-order valence-electron chi connectivity index (χ4n) is 1.91. The van der Waals surface area contributed by atoms with Crippen LogP contribution in [0, 0.1) is 0 Å². The van der Waals surface area contributed by atoms with E-state index < -0.39 is 23.5 Å². The normalized spacial score (nSPS) is 21.7. The number of hydrogen-bond donors (Lipinski definition) is 1. The van der Waals surface area contributed by atoms with Crippen molar-refractivity contribution in [2.45, 2.75) is 52.0 Å². The summed E-state index contributed by atoms with van der Waals surface area (Å²) < 4.78 is 15.7. The third-order valence-corrected chi connectivity index (χ3v) is 2.77. The van der Waals surface area contributed by atoms with Crippen LogP contribution >= 0.6 is 0 Å². The molecule has 0 bridgehead atoms. The maximum Gasteiger partial charge on any atom is 0.413 e. The van der Waals surface area contributed by atoms with Crippen LogP contribution in [0.25, 0.3) is 0 Å². The molecule has 1 aliphatic heterocycles. The average Bonchev–Trinajstić information content (AvgIpc) is 2.59. The van der Waals surface area contributed by atoms with E-state index in [1.54, 1.807) is 34.6 Å². The Labute approximate surface area is 119 Å². The first-order valence-electron chi connectivity index (χ1n) is 6.51. The smallest absolute Gasteiger partial charge is 0.413 e. The predicted octanol–water partition coefficient (Wildman–Crippen LogP) is 1.08. The van der Waals surface area contributed by atoms with Gasteiger partial charge < -0.3 is 19.5 Å². The van der Waals surface area contributed by atoms with Gasteiger partial charge in [0.25, 0.3) is 0 Å². The molecule has 20 heavy (non-hydrogen) atoms. The quantitative estimate of drug-likeness (QED) is 0.786. The predicted molar refractivity (Wildman–Crippen MR) is 71.9 cm³/mol. The highest BCUT2D eigenvalue weighted by Crippen LogP contribution is 2.29. The van der Waals surface area contributed by atoms with E-state index in [4.69, 9.17) is 14.2 Å². The van der Waals surface area contributed by atoms with Gasteiger partial charge in [-0.2, -0.15) is 0 Å². The molecule has 1 fully saturated rings. The van der Waals surface area contributed by atoms with Gasteiger partial charge in [-0.1, -0.05) is 0 Å². The molecule has 116 valence electrons. The lowest BCUT2D eigenvalue weighted by Crippen LogP contribution is -2.54. The number of carbonyl (C=O) groups excluding carboxylic acids is 2. The average molecular weight is 288 g/mol. The van der Waals surface area contributed by atoms with Gasteiger partial charge in [-0.05, 0) is 34.6 Å². The largest absolute Gasteiger partial charge is 0.444 e. The van der Waals surface area contributed by atoms with Crippen LogP contribution in [0.4, 0.5) is 4.79 Å². The van der Waals surface area contributed by atoms with Crippen molar-refractivity contribution in [3.05, 3.63) is 0 Å². The summed E-state index contributed by atoms with van der Waals surface area (Å²) in [5, 5.41) is 2.57. The maximum atomic E-state index is 12.3. The lowest BCUT2D eigenvalue weighted by atomic mass is 10.2. The molecule has 1 saturated heterocycles. The lowest BCUT2D eigenvalue weighted by Gasteiger charge is -2.34. The molecule has 2 amide bonds. The summed E-state index contributed by atoms with van der Waals surface area (Å²) in [5.41, 5.74) is -1.53. The molecule has 0 aliphatic carbocycles. The van der Waals surface area contributed by atoms with Crippen molar-refractivity contribution in [2.24, 2.45) is 0 Å². The second kappa shape index (κ2) is 5.97. The van der Waals surface area contributed by atoms with E-state index in [1.807, 2.05) is 0 Å². The molecule has 0 unspecified atom stereocenters. The van der Waals surface area contributed by atoms with Gasteiger partial charge in [0, 0.05) is 7.11 Å². The Balaban J connectivity index is 2.85. The molecule has 0 aromatic heterocycles. The van der Waals surface area contributed by atoms with E-state index >= 15 is 0 Å². The van der Waals surface area contributed by atoms with Crippen LogP contribution in [0.1, 0.15) is 34.6 Å². The Bertz CT molecular complexity index is 375. The highest BCUT2D eigenvalue weighted by molar-refractivity contribution is 5.86. The van der Waals surface area contributed by atoms with E-state index in [9.17, 15) is 9.59 Å². The fraction of sp³-hybridized carbons (Fsp3) is 0.846. The summed E-state index contributed by atoms with van der Waals surface area (Å²) in [6, 6.07) is -0.727. The minimum atomic E-state index is -0.891. The van der Waals surface area contributed by atoms with Gasteiger partial charge in [0.15, 0.2) is 0 Å². The van der Waals surface area contributed by atoms with Gasteiger partial charge in [-0.15, -0.1) is 0 Å². The zero-order valence-electron chi connectivity index (χ0n) is 13.0. The van der Waals surface area contributed by atoms with Crippen molar-refractivity contribution in [2.75, 3.05) is 20.4 Å². The monoisotopic (exact) mass is 288 g/mol. The Morgan fingerprint density at radius 2 is 2.00 bits per heavy atom. The molecular weight excluding hydrogens is 264 g/mol. The van der Waals surface area contributed by atoms with Crippen LogP contribution in [0.3, 0.4) is 0 Å². The van der Waals surface area contributed by atoms with Crippen LogP contribution in [0.5, 0.6) is 0 Å². The van der Waals surface area contributed by atoms with Crippen molar-refractivity contribution in [1.29, 1.82) is 0 Å². The Morgan fingerprint density at radius 1 is 1.40 bits per heavy atom. The van der Waals surface area contributed by atoms with Crippen molar-refractivity contribution < 1.29 is 23.8 Å². The fourth-order valence-corrected chi connectivity index (χ4v) is 1.91. The first-order chi connectivity index (χ1) is 9.08. The Kier molecular flexibility index (Phi) is 4.99. The van der Waals surface area contributed by atoms with Crippen molar-refractivity contribution in [3.63, 3.8) is 0 Å². The molecule has 1 aliphatic rings. The third kappa shape index (κ3) is 4.08. The zero-order valence-corrected chi connectivity index (χ0v) is 13.0. The minimum absolute atomic E-state index is 0.0813. The highest BCUT2D eigenvalue weighted by Gasteiger charge is 2.48. The molecule has 1 atom stereocenters. The van der Waals surface area contributed by atoms with Gasteiger partial charge in [-0.3, -0.25) is 9.69 Å². The van der Waals surface area contributed by atoms with Crippen LogP contribution in [-0.2, 0) is 19.0 Å². The number of nitrogens with zero attached hydrogens (tertiary/aromatic N) is 1. The van der Waals surface area contributed by atoms with E-state index in [0.29, 0.717) is 0 Å². The van der Waals surface area contributed by atoms with Gasteiger partial charge in [0.05, 0.1) is 6.61 Å². The van der Waals surface area contributed by atoms with Gasteiger partial charge in [-0.25, -0.2) is 4.79 Å². The second-order valence-corrected chi connectivity index (χ2v) is 6.10. The minimum Gasteiger partial charge on any atom is -0.444 e. The van der Waals surface area contributed by atoms with E-state index in [0.717, 1.165) is 0 Å². The highest BCUT2D eigenvalue weighted by atomic mass is 16.6. The molecule has 0 saturated carbocycles. The summed E-state index contributed by atoms with van der Waals surface area (Å²) in [5.74, 6) is -0.330. The molecule has 0 aromatic rings. The summed E-state index contributed by atoms with van der Waals surface area (Å²) in [6.07, 6.45) is -0.572. The van der Waals surface area contributed by atoms with Crippen LogP contribution in [-0.4, -0.2) is 54.7 Å². The summed E-state index contributed by atoms with van der Waals surface area (Å²) in [7, 11) is 1.47. The molecule has 7 heteroatoms. The number of amides is 2. The molecule has 0 radical (unpaired) electrons. The van der Waals surface area contributed by atoms with Crippen molar-refractivity contribution in [1.82, 2.24) is 10.2 Å². The Morgan fingerprint density at radius 3 is 2.50 bits per heavy atom. The topological polar surface area (TPSA) is 77.1 Å². The van der Waals surface area contributed by atoms with Gasteiger partial charge >= 0.3 is 6.09 Å². The number of ether oxygens (including phenoxy) is 3. The molecule has 1 rings (SSSR count). The van der Waals surface area contributed by atoms with Crippen molar-refractivity contribution in [3.8, 4) is 0 Å². The summed E-state index contributed by atoms with van der Waals surface area (Å²) >= 11 is 0. The second-order valence-electron chi connectivity index (χ2n) is 6.10. The maximum absolute atomic E-state index is 12.3. The number of rotatable bonds is 3. The van der Waals surface area contributed by atoms with Crippen LogP contribution in [0.15, 0.2) is 0 Å². The molecule has 1 N–H and O–H groups in total. The van der Waals surface area contributed by atoms with Crippen LogP contribution in [0.2, 0.25) is 0 Å². The zero-order chi connectivity index (χ0) is 15.6. The van der Waals surface area contributed by atoms with E-state index in [2.05, 4.69) is 5.32 Å². The summed E-state index contributed by atoms with van der Waals surface area (Å²) in [4.78, 5) is 25.7. The van der Waals surface area contributed by atoms with Gasteiger partial charge in [0.2, 0.25) is 5.91 Å². The van der Waals surface area contributed by atoms with E-state index in [1.165, 1.54) is 12.0 Å². The van der Waals surface area contributed by atoms with Crippen LogP contribution < -0.4 is 5.32 Å². The SMILES string of the molecule is COCNC(=O)[C@H]1COC(C)(C)N1C(=O)OC(C)(C)C. The number of hydrogen-bond acceptors (Lipinski definition) is 5. The van der Waals surface area contributed by atoms with E-state index in [-0.39, 0.29) is 19.2 Å². The van der Waals surface area contributed by atoms with Gasteiger partial charge in [0.1, 0.15) is 24.1 Å².